The van der Waals surface area contributed by atoms with Crippen molar-refractivity contribution in [3.63, 3.8) is 0 Å². The lowest BCUT2D eigenvalue weighted by Crippen LogP contribution is -2.43. The van der Waals surface area contributed by atoms with Crippen LogP contribution in [-0.2, 0) is 16.0 Å². The average Bonchev–Trinajstić information content (AvgIpc) is 3.12. The Kier molecular flexibility index (Phi) is 7.38. The minimum Gasteiger partial charge on any atom is -0.467 e. The number of aromatic nitrogens is 1. The second-order valence-electron chi connectivity index (χ2n) is 6.69. The molecule has 7 nitrogen and oxygen atoms in total. The van der Waals surface area contributed by atoms with Gasteiger partial charge in [-0.1, -0.05) is 37.6 Å². The molecule has 1 aromatic heterocycles. The highest BCUT2D eigenvalue weighted by atomic mass is 35.5. The third kappa shape index (κ3) is 6.08. The van der Waals surface area contributed by atoms with Crippen molar-refractivity contribution < 1.29 is 18.7 Å². The second-order valence-corrected chi connectivity index (χ2v) is 7.12. The lowest BCUT2D eigenvalue weighted by atomic mass is 10.0. The number of nitrogens with one attached hydrogen (secondary N) is 1. The van der Waals surface area contributed by atoms with E-state index in [1.165, 1.54) is 13.4 Å². The molecule has 2 unspecified atom stereocenters. The number of esters is 1. The third-order valence-electron chi connectivity index (χ3n) is 3.94. The fraction of sp³-hybridized carbons (Fsp3) is 0.421. The number of nitrogens with two attached hydrogens (primary N) is 1. The predicted molar refractivity (Wildman–Crippen MR) is 101 cm³/mol. The Morgan fingerprint density at radius 1 is 1.30 bits per heavy atom. The molecule has 1 aromatic carbocycles. The van der Waals surface area contributed by atoms with Crippen LogP contribution in [0.5, 0.6) is 0 Å². The number of halogens is 1. The number of hydrogen-bond donors (Lipinski definition) is 2. The van der Waals surface area contributed by atoms with E-state index in [0.717, 1.165) is 5.56 Å². The third-order valence-corrected chi connectivity index (χ3v) is 4.19. The van der Waals surface area contributed by atoms with Gasteiger partial charge in [0.15, 0.2) is 5.69 Å². The van der Waals surface area contributed by atoms with Gasteiger partial charge in [-0.3, -0.25) is 4.79 Å². The van der Waals surface area contributed by atoms with Crippen molar-refractivity contribution in [2.45, 2.75) is 38.8 Å². The SMILES string of the molecule is COC(=O)C(Cc1ccc(Cl)cc1)NC(=O)c1coc(C(N)CC(C)C)n1. The zero-order chi connectivity index (χ0) is 20.0. The Labute approximate surface area is 163 Å². The van der Waals surface area contributed by atoms with E-state index in [-0.39, 0.29) is 12.1 Å². The van der Waals surface area contributed by atoms with Gasteiger partial charge in [-0.25, -0.2) is 9.78 Å². The highest BCUT2D eigenvalue weighted by Gasteiger charge is 2.25. The average molecular weight is 394 g/mol. The Hall–Kier alpha value is -2.38. The van der Waals surface area contributed by atoms with Crippen LogP contribution in [0.15, 0.2) is 34.9 Å². The summed E-state index contributed by atoms with van der Waals surface area (Å²) < 4.78 is 10.1. The van der Waals surface area contributed by atoms with E-state index < -0.39 is 24.0 Å². The molecular formula is C19H24ClN3O4. The number of nitrogens with zero attached hydrogens (tertiary/aromatic N) is 1. The van der Waals surface area contributed by atoms with Crippen LogP contribution in [0.25, 0.3) is 0 Å². The molecule has 27 heavy (non-hydrogen) atoms. The summed E-state index contributed by atoms with van der Waals surface area (Å²) in [6, 6.07) is 5.73. The molecule has 1 amide bonds. The molecule has 2 atom stereocenters. The number of ether oxygens (including phenoxy) is 1. The molecule has 2 aromatic rings. The molecule has 0 bridgehead atoms. The van der Waals surface area contributed by atoms with Gasteiger partial charge in [-0.05, 0) is 30.0 Å². The maximum absolute atomic E-state index is 12.5. The van der Waals surface area contributed by atoms with Crippen LogP contribution in [0, 0.1) is 5.92 Å². The van der Waals surface area contributed by atoms with Crippen molar-refractivity contribution in [1.82, 2.24) is 10.3 Å². The lowest BCUT2D eigenvalue weighted by molar-refractivity contribution is -0.142. The van der Waals surface area contributed by atoms with Crippen molar-refractivity contribution in [3.05, 3.63) is 52.7 Å². The molecule has 0 saturated carbocycles. The second kappa shape index (κ2) is 9.53. The molecule has 0 radical (unpaired) electrons. The van der Waals surface area contributed by atoms with Crippen LogP contribution in [-0.4, -0.2) is 30.0 Å². The molecular weight excluding hydrogens is 370 g/mol. The lowest BCUT2D eigenvalue weighted by Gasteiger charge is -2.16. The Bertz CT molecular complexity index is 774. The van der Waals surface area contributed by atoms with Gasteiger partial charge in [-0.2, -0.15) is 0 Å². The molecule has 2 rings (SSSR count). The van der Waals surface area contributed by atoms with Gasteiger partial charge < -0.3 is 20.2 Å². The van der Waals surface area contributed by atoms with E-state index in [9.17, 15) is 9.59 Å². The minimum atomic E-state index is -0.867. The summed E-state index contributed by atoms with van der Waals surface area (Å²) in [6.45, 7) is 4.07. The fourth-order valence-electron chi connectivity index (χ4n) is 2.59. The van der Waals surface area contributed by atoms with Crippen molar-refractivity contribution in [2.24, 2.45) is 11.7 Å². The molecule has 146 valence electrons. The van der Waals surface area contributed by atoms with E-state index in [1.807, 2.05) is 13.8 Å². The van der Waals surface area contributed by atoms with Crippen LogP contribution in [0.4, 0.5) is 0 Å². The number of carbonyl (C=O) groups is 2. The van der Waals surface area contributed by atoms with E-state index in [0.29, 0.717) is 23.3 Å². The van der Waals surface area contributed by atoms with E-state index in [2.05, 4.69) is 10.3 Å². The summed E-state index contributed by atoms with van der Waals surface area (Å²) in [7, 11) is 1.27. The van der Waals surface area contributed by atoms with Crippen LogP contribution in [0.1, 0.15) is 48.3 Å². The standard InChI is InChI=1S/C19H24ClN3O4/c1-11(2)8-14(21)18-23-16(10-27-18)17(24)22-15(19(25)26-3)9-12-4-6-13(20)7-5-12/h4-7,10-11,14-15H,8-9,21H2,1-3H3,(H,22,24). The molecule has 0 spiro atoms. The molecule has 0 aliphatic carbocycles. The number of rotatable bonds is 8. The van der Waals surface area contributed by atoms with Crippen LogP contribution < -0.4 is 11.1 Å². The first-order valence-corrected chi connectivity index (χ1v) is 9.02. The summed E-state index contributed by atoms with van der Waals surface area (Å²) in [5.74, 6) is -0.432. The number of hydrogen-bond acceptors (Lipinski definition) is 6. The van der Waals surface area contributed by atoms with Crippen LogP contribution >= 0.6 is 11.6 Å². The summed E-state index contributed by atoms with van der Waals surface area (Å²) in [5.41, 5.74) is 6.91. The zero-order valence-corrected chi connectivity index (χ0v) is 16.3. The predicted octanol–water partition coefficient (Wildman–Crippen LogP) is 2.89. The van der Waals surface area contributed by atoms with Gasteiger partial charge >= 0.3 is 5.97 Å². The molecule has 0 aliphatic rings. The first-order chi connectivity index (χ1) is 12.8. The van der Waals surface area contributed by atoms with E-state index in [4.69, 9.17) is 26.5 Å². The summed E-state index contributed by atoms with van der Waals surface area (Å²) in [5, 5.41) is 3.22. The molecule has 0 fully saturated rings. The zero-order valence-electron chi connectivity index (χ0n) is 15.6. The quantitative estimate of drug-likeness (QED) is 0.667. The monoisotopic (exact) mass is 393 g/mol. The number of carbonyl (C=O) groups excluding carboxylic acids is 2. The van der Waals surface area contributed by atoms with E-state index in [1.54, 1.807) is 24.3 Å². The Balaban J connectivity index is 2.08. The first-order valence-electron chi connectivity index (χ1n) is 8.64. The normalized spacial score (nSPS) is 13.3. The Morgan fingerprint density at radius 2 is 1.96 bits per heavy atom. The highest BCUT2D eigenvalue weighted by molar-refractivity contribution is 6.30. The van der Waals surface area contributed by atoms with Gasteiger partial charge in [0.1, 0.15) is 12.3 Å². The first kappa shape index (κ1) is 20.9. The number of methoxy groups -OCH3 is 1. The molecule has 0 saturated heterocycles. The van der Waals surface area contributed by atoms with Crippen molar-refractivity contribution in [2.75, 3.05) is 7.11 Å². The van der Waals surface area contributed by atoms with Gasteiger partial charge in [0.2, 0.25) is 5.89 Å². The smallest absolute Gasteiger partial charge is 0.328 e. The van der Waals surface area contributed by atoms with Gasteiger partial charge in [0.25, 0.3) is 5.91 Å². The number of benzene rings is 1. The van der Waals surface area contributed by atoms with Crippen LogP contribution in [0.2, 0.25) is 5.02 Å². The van der Waals surface area contributed by atoms with Crippen molar-refractivity contribution >= 4 is 23.5 Å². The highest BCUT2D eigenvalue weighted by Crippen LogP contribution is 2.18. The van der Waals surface area contributed by atoms with Crippen molar-refractivity contribution in [1.29, 1.82) is 0 Å². The van der Waals surface area contributed by atoms with Crippen molar-refractivity contribution in [3.8, 4) is 0 Å². The fourth-order valence-corrected chi connectivity index (χ4v) is 2.72. The Morgan fingerprint density at radius 3 is 2.56 bits per heavy atom. The molecule has 3 N–H and O–H groups in total. The molecule has 8 heteroatoms. The summed E-state index contributed by atoms with van der Waals surface area (Å²) in [6.07, 6.45) is 2.18. The maximum atomic E-state index is 12.5. The van der Waals surface area contributed by atoms with E-state index >= 15 is 0 Å². The minimum absolute atomic E-state index is 0.0641. The largest absolute Gasteiger partial charge is 0.467 e. The van der Waals surface area contributed by atoms with Gasteiger partial charge in [-0.15, -0.1) is 0 Å². The number of amides is 1. The summed E-state index contributed by atoms with van der Waals surface area (Å²) >= 11 is 5.87. The topological polar surface area (TPSA) is 107 Å². The summed E-state index contributed by atoms with van der Waals surface area (Å²) in [4.78, 5) is 28.7. The maximum Gasteiger partial charge on any atom is 0.328 e. The van der Waals surface area contributed by atoms with Gasteiger partial charge in [0, 0.05) is 11.4 Å². The van der Waals surface area contributed by atoms with Gasteiger partial charge in [0.05, 0.1) is 13.2 Å². The molecule has 1 heterocycles. The molecule has 0 aliphatic heterocycles. The number of oxazole rings is 1. The van der Waals surface area contributed by atoms with Crippen LogP contribution in [0.3, 0.4) is 0 Å².